The summed E-state index contributed by atoms with van der Waals surface area (Å²) in [5.41, 5.74) is 6.21. The highest BCUT2D eigenvalue weighted by molar-refractivity contribution is 5.72. The van der Waals surface area contributed by atoms with Crippen LogP contribution in [0.5, 0.6) is 0 Å². The molecule has 1 aliphatic rings. The maximum Gasteiger partial charge on any atom is 0.306 e. The van der Waals surface area contributed by atoms with E-state index >= 15 is 0 Å². The largest absolute Gasteiger partial charge is 0.466 e. The third kappa shape index (κ3) is 5.20. The first-order valence-corrected chi connectivity index (χ1v) is 10.4. The summed E-state index contributed by atoms with van der Waals surface area (Å²) in [5.74, 6) is 1.02. The van der Waals surface area contributed by atoms with Gasteiger partial charge in [0.25, 0.3) is 0 Å². The molecule has 0 bridgehead atoms. The first-order chi connectivity index (χ1) is 14.6. The topological polar surface area (TPSA) is 77.0 Å². The second-order valence-electron chi connectivity index (χ2n) is 7.63. The third-order valence-electron chi connectivity index (χ3n) is 5.05. The summed E-state index contributed by atoms with van der Waals surface area (Å²) < 4.78 is 5.01. The average molecular weight is 402 g/mol. The van der Waals surface area contributed by atoms with Gasteiger partial charge in [-0.15, -0.1) is 0 Å². The van der Waals surface area contributed by atoms with E-state index in [4.69, 9.17) is 4.74 Å². The fraction of sp³-hybridized carbons (Fsp3) is 0.333. The highest BCUT2D eigenvalue weighted by Gasteiger charge is 2.25. The smallest absolute Gasteiger partial charge is 0.306 e. The highest BCUT2D eigenvalue weighted by atomic mass is 16.5. The maximum absolute atomic E-state index is 11.6. The molecule has 30 heavy (non-hydrogen) atoms. The predicted molar refractivity (Wildman–Crippen MR) is 117 cm³/mol. The van der Waals surface area contributed by atoms with Gasteiger partial charge in [-0.1, -0.05) is 6.07 Å². The van der Waals surface area contributed by atoms with E-state index in [0.717, 1.165) is 33.8 Å². The van der Waals surface area contributed by atoms with Crippen molar-refractivity contribution in [3.05, 3.63) is 65.7 Å². The Labute approximate surface area is 176 Å². The summed E-state index contributed by atoms with van der Waals surface area (Å²) in [6.07, 6.45) is 6.92. The first kappa shape index (κ1) is 20.0. The Kier molecular flexibility index (Phi) is 6.02. The number of pyridine rings is 1. The number of rotatable bonds is 8. The Hall–Kier alpha value is -3.28. The number of hydrogen-bond acceptors (Lipinski definition) is 6. The molecular formula is C24H26N4O2. The van der Waals surface area contributed by atoms with Gasteiger partial charge >= 0.3 is 5.97 Å². The Morgan fingerprint density at radius 2 is 1.93 bits per heavy atom. The number of ether oxygens (including phenoxy) is 1. The van der Waals surface area contributed by atoms with Crippen molar-refractivity contribution in [2.24, 2.45) is 0 Å². The van der Waals surface area contributed by atoms with Crippen molar-refractivity contribution in [3.63, 3.8) is 0 Å². The fourth-order valence-corrected chi connectivity index (χ4v) is 3.45. The molecule has 1 N–H and O–H groups in total. The van der Waals surface area contributed by atoms with Crippen LogP contribution < -0.4 is 5.32 Å². The van der Waals surface area contributed by atoms with Crippen LogP contribution in [0, 0.1) is 6.92 Å². The highest BCUT2D eigenvalue weighted by Crippen LogP contribution is 2.39. The van der Waals surface area contributed by atoms with E-state index in [2.05, 4.69) is 45.4 Å². The minimum Gasteiger partial charge on any atom is -0.466 e. The second kappa shape index (κ2) is 9.03. The van der Waals surface area contributed by atoms with Crippen LogP contribution in [0.15, 0.2) is 48.8 Å². The summed E-state index contributed by atoms with van der Waals surface area (Å²) in [6, 6.07) is 12.3. The van der Waals surface area contributed by atoms with Gasteiger partial charge in [-0.2, -0.15) is 0 Å². The second-order valence-corrected chi connectivity index (χ2v) is 7.63. The average Bonchev–Trinajstić information content (AvgIpc) is 3.58. The quantitative estimate of drug-likeness (QED) is 0.537. The Bertz CT molecular complexity index is 1050. The zero-order valence-electron chi connectivity index (χ0n) is 17.4. The summed E-state index contributed by atoms with van der Waals surface area (Å²) >= 11 is 0. The summed E-state index contributed by atoms with van der Waals surface area (Å²) in [6.45, 7) is 4.28. The van der Waals surface area contributed by atoms with Gasteiger partial charge in [0.1, 0.15) is 0 Å². The summed E-state index contributed by atoms with van der Waals surface area (Å²) in [7, 11) is 0. The van der Waals surface area contributed by atoms with Crippen LogP contribution in [0.3, 0.4) is 0 Å². The number of benzene rings is 1. The van der Waals surface area contributed by atoms with Crippen LogP contribution in [0.25, 0.3) is 11.1 Å². The fourth-order valence-electron chi connectivity index (χ4n) is 3.45. The molecule has 2 aromatic heterocycles. The number of esters is 1. The molecule has 1 aromatic carbocycles. The van der Waals surface area contributed by atoms with Crippen LogP contribution >= 0.6 is 0 Å². The zero-order chi connectivity index (χ0) is 20.9. The van der Waals surface area contributed by atoms with Gasteiger partial charge in [0, 0.05) is 41.8 Å². The van der Waals surface area contributed by atoms with Crippen LogP contribution in [-0.4, -0.2) is 27.5 Å². The van der Waals surface area contributed by atoms with Crippen LogP contribution in [0.4, 0.5) is 11.6 Å². The van der Waals surface area contributed by atoms with Crippen molar-refractivity contribution < 1.29 is 9.53 Å². The standard InChI is InChI=1S/C24H26N4O2/c1-3-30-23(29)7-6-20-14-18(8-10-25-20)19-12-16(2)13-21(15-19)27-24-26-11-9-22(28-24)17-4-5-17/h8-15,17H,3-7H2,1-2H3,(H,26,27,28). The molecule has 0 unspecified atom stereocenters. The maximum atomic E-state index is 11.6. The van der Waals surface area contributed by atoms with Gasteiger partial charge in [-0.25, -0.2) is 9.97 Å². The summed E-state index contributed by atoms with van der Waals surface area (Å²) in [4.78, 5) is 25.1. The van der Waals surface area contributed by atoms with E-state index in [-0.39, 0.29) is 5.97 Å². The normalized spacial score (nSPS) is 13.1. The van der Waals surface area contributed by atoms with Crippen molar-refractivity contribution in [2.75, 3.05) is 11.9 Å². The van der Waals surface area contributed by atoms with E-state index in [1.165, 1.54) is 12.8 Å². The molecule has 4 rings (SSSR count). The minimum absolute atomic E-state index is 0.194. The number of anilines is 2. The Morgan fingerprint density at radius 3 is 2.73 bits per heavy atom. The van der Waals surface area contributed by atoms with E-state index < -0.39 is 0 Å². The number of carbonyl (C=O) groups excluding carboxylic acids is 1. The first-order valence-electron chi connectivity index (χ1n) is 10.4. The number of aromatic nitrogens is 3. The monoisotopic (exact) mass is 402 g/mol. The SMILES string of the molecule is CCOC(=O)CCc1cc(-c2cc(C)cc(Nc3nccc(C4CC4)n3)c2)ccn1. The van der Waals surface area contributed by atoms with Crippen molar-refractivity contribution in [1.29, 1.82) is 0 Å². The Morgan fingerprint density at radius 1 is 1.10 bits per heavy atom. The number of hydrogen-bond donors (Lipinski definition) is 1. The van der Waals surface area contributed by atoms with E-state index in [0.29, 0.717) is 31.3 Å². The number of aryl methyl sites for hydroxylation is 2. The van der Waals surface area contributed by atoms with Gasteiger partial charge < -0.3 is 10.1 Å². The number of nitrogens with one attached hydrogen (secondary N) is 1. The lowest BCUT2D eigenvalue weighted by molar-refractivity contribution is -0.143. The number of nitrogens with zero attached hydrogens (tertiary/aromatic N) is 3. The molecule has 0 atom stereocenters. The van der Waals surface area contributed by atoms with Crippen LogP contribution in [0.1, 0.15) is 49.1 Å². The molecule has 0 spiro atoms. The van der Waals surface area contributed by atoms with Crippen molar-refractivity contribution in [2.45, 2.75) is 45.4 Å². The third-order valence-corrected chi connectivity index (χ3v) is 5.05. The molecule has 6 heteroatoms. The van der Waals surface area contributed by atoms with Gasteiger partial charge in [0.2, 0.25) is 5.95 Å². The lowest BCUT2D eigenvalue weighted by atomic mass is 10.0. The molecule has 1 fully saturated rings. The van der Waals surface area contributed by atoms with E-state index in [1.54, 1.807) is 6.20 Å². The lowest BCUT2D eigenvalue weighted by Crippen LogP contribution is -2.05. The number of carbonyl (C=O) groups is 1. The van der Waals surface area contributed by atoms with E-state index in [9.17, 15) is 4.79 Å². The Balaban J connectivity index is 1.52. The molecule has 1 aliphatic carbocycles. The molecule has 6 nitrogen and oxygen atoms in total. The molecular weight excluding hydrogens is 376 g/mol. The molecule has 1 saturated carbocycles. The molecule has 0 amide bonds. The zero-order valence-corrected chi connectivity index (χ0v) is 17.4. The van der Waals surface area contributed by atoms with Gasteiger partial charge in [-0.3, -0.25) is 9.78 Å². The van der Waals surface area contributed by atoms with Crippen LogP contribution in [0.2, 0.25) is 0 Å². The predicted octanol–water partition coefficient (Wildman–Crippen LogP) is 4.96. The van der Waals surface area contributed by atoms with Gasteiger partial charge in [-0.05, 0) is 73.7 Å². The van der Waals surface area contributed by atoms with E-state index in [1.807, 2.05) is 31.3 Å². The molecule has 0 aliphatic heterocycles. The summed E-state index contributed by atoms with van der Waals surface area (Å²) in [5, 5.41) is 3.35. The molecule has 3 aromatic rings. The van der Waals surface area contributed by atoms with Gasteiger partial charge in [0.05, 0.1) is 13.0 Å². The van der Waals surface area contributed by atoms with Crippen molar-refractivity contribution >= 4 is 17.6 Å². The molecule has 154 valence electrons. The minimum atomic E-state index is -0.194. The van der Waals surface area contributed by atoms with Crippen LogP contribution in [-0.2, 0) is 16.0 Å². The lowest BCUT2D eigenvalue weighted by Gasteiger charge is -2.11. The van der Waals surface area contributed by atoms with Gasteiger partial charge in [0.15, 0.2) is 0 Å². The molecule has 0 saturated heterocycles. The molecule has 0 radical (unpaired) electrons. The molecule has 2 heterocycles. The van der Waals surface area contributed by atoms with Crippen molar-refractivity contribution in [1.82, 2.24) is 15.0 Å². The van der Waals surface area contributed by atoms with Crippen molar-refractivity contribution in [3.8, 4) is 11.1 Å².